The maximum Gasteiger partial charge on any atom is 0.534 e. The Morgan fingerprint density at radius 3 is 1.80 bits per heavy atom. The summed E-state index contributed by atoms with van der Waals surface area (Å²) >= 11 is 0. The topological polar surface area (TPSA) is 108 Å². The Balaban J connectivity index is 2.15. The molecule has 0 saturated heterocycles. The van der Waals surface area contributed by atoms with Crippen molar-refractivity contribution in [3.8, 4) is 11.5 Å². The lowest BCUT2D eigenvalue weighted by Crippen LogP contribution is -2.30. The van der Waals surface area contributed by atoms with Crippen molar-refractivity contribution in [2.75, 3.05) is 18.1 Å². The Hall–Kier alpha value is -4.50. The van der Waals surface area contributed by atoms with Crippen molar-refractivity contribution >= 4 is 22.0 Å². The van der Waals surface area contributed by atoms with Crippen molar-refractivity contribution in [1.82, 2.24) is 9.97 Å². The SMILES string of the molecule is CCOC(=O)CCCOc1cnc(N(Cc2cc(C(F)(F)F)cc(C(F)(F)F)c2)Cc2cc(C(F)(F)F)cc(C)c2OS(=O)(=O)C(F)(F)F)nc1. The normalized spacial score (nSPS) is 12.8. The van der Waals surface area contributed by atoms with Gasteiger partial charge >= 0.3 is 40.1 Å². The molecule has 3 aromatic rings. The summed E-state index contributed by atoms with van der Waals surface area (Å²) in [5.41, 5.74) is -13.6. The average Bonchev–Trinajstić information content (AvgIpc) is 2.99. The van der Waals surface area contributed by atoms with Crippen molar-refractivity contribution in [2.45, 2.75) is 63.8 Å². The number of carbonyl (C=O) groups is 1. The summed E-state index contributed by atoms with van der Waals surface area (Å²) in [5, 5.41) is 0. The van der Waals surface area contributed by atoms with E-state index in [0.29, 0.717) is 4.90 Å². The summed E-state index contributed by atoms with van der Waals surface area (Å²) in [5.74, 6) is -2.48. The zero-order valence-corrected chi connectivity index (χ0v) is 26.8. The first-order valence-corrected chi connectivity index (χ1v) is 15.6. The van der Waals surface area contributed by atoms with Crippen LogP contribution < -0.4 is 13.8 Å². The van der Waals surface area contributed by atoms with Gasteiger partial charge < -0.3 is 18.6 Å². The number of carbonyl (C=O) groups excluding carboxylic acids is 1. The minimum absolute atomic E-state index is 0.0394. The zero-order chi connectivity index (χ0) is 38.6. The lowest BCUT2D eigenvalue weighted by atomic mass is 10.0. The Bertz CT molecular complexity index is 1760. The lowest BCUT2D eigenvalue weighted by Gasteiger charge is -2.26. The third-order valence-corrected chi connectivity index (χ3v) is 7.49. The van der Waals surface area contributed by atoms with E-state index in [1.807, 2.05) is 0 Å². The van der Waals surface area contributed by atoms with E-state index in [0.717, 1.165) is 19.3 Å². The highest BCUT2D eigenvalue weighted by Gasteiger charge is 2.49. The number of benzene rings is 2. The summed E-state index contributed by atoms with van der Waals surface area (Å²) in [6.45, 7) is 0.212. The number of anilines is 1. The molecule has 2 aromatic carbocycles. The Labute approximate surface area is 281 Å². The van der Waals surface area contributed by atoms with Gasteiger partial charge in [0.25, 0.3) is 0 Å². The van der Waals surface area contributed by atoms with Crippen LogP contribution in [-0.2, 0) is 51.3 Å². The van der Waals surface area contributed by atoms with Gasteiger partial charge in [0, 0.05) is 25.1 Å². The van der Waals surface area contributed by atoms with E-state index >= 15 is 0 Å². The van der Waals surface area contributed by atoms with Crippen LogP contribution in [0.3, 0.4) is 0 Å². The maximum absolute atomic E-state index is 13.8. The Kier molecular flexibility index (Phi) is 12.4. The van der Waals surface area contributed by atoms with Crippen LogP contribution in [0.4, 0.5) is 58.6 Å². The van der Waals surface area contributed by atoms with Gasteiger partial charge in [0.15, 0.2) is 11.5 Å². The van der Waals surface area contributed by atoms with Gasteiger partial charge in [0.2, 0.25) is 5.95 Å². The number of hydrogen-bond acceptors (Lipinski definition) is 9. The van der Waals surface area contributed by atoms with Gasteiger partial charge in [0.05, 0.1) is 42.3 Å². The number of alkyl halides is 12. The molecular formula is C29H25F12N3O6S. The first-order chi connectivity index (χ1) is 23.3. The molecule has 9 nitrogen and oxygen atoms in total. The van der Waals surface area contributed by atoms with Crippen molar-refractivity contribution < 1.29 is 79.6 Å². The molecule has 0 aliphatic rings. The predicted octanol–water partition coefficient (Wildman–Crippen LogP) is 8.00. The second-order valence-electron chi connectivity index (χ2n) is 10.5. The van der Waals surface area contributed by atoms with E-state index in [1.165, 1.54) is 0 Å². The van der Waals surface area contributed by atoms with Crippen LogP contribution in [0.5, 0.6) is 11.5 Å². The van der Waals surface area contributed by atoms with Crippen molar-refractivity contribution in [3.05, 3.63) is 76.1 Å². The molecule has 0 spiro atoms. The molecule has 22 heteroatoms. The Morgan fingerprint density at radius 2 is 1.31 bits per heavy atom. The molecule has 51 heavy (non-hydrogen) atoms. The first kappa shape index (κ1) is 40.9. The van der Waals surface area contributed by atoms with Crippen LogP contribution in [0.25, 0.3) is 0 Å². The molecule has 0 saturated carbocycles. The summed E-state index contributed by atoms with van der Waals surface area (Å²) in [7, 11) is -6.50. The largest absolute Gasteiger partial charge is 0.534 e. The summed E-state index contributed by atoms with van der Waals surface area (Å²) in [6.07, 6.45) is -13.8. The van der Waals surface area contributed by atoms with Gasteiger partial charge in [-0.1, -0.05) is 0 Å². The van der Waals surface area contributed by atoms with E-state index in [-0.39, 0.29) is 62.1 Å². The minimum atomic E-state index is -6.50. The quantitative estimate of drug-likeness (QED) is 0.0562. The molecule has 3 rings (SSSR count). The van der Waals surface area contributed by atoms with E-state index < -0.39 is 98.3 Å². The van der Waals surface area contributed by atoms with Crippen LogP contribution in [0.2, 0.25) is 0 Å². The molecule has 0 atom stereocenters. The Morgan fingerprint density at radius 1 is 0.784 bits per heavy atom. The van der Waals surface area contributed by atoms with Gasteiger partial charge in [-0.2, -0.15) is 61.1 Å². The number of rotatable bonds is 13. The fourth-order valence-electron chi connectivity index (χ4n) is 4.33. The van der Waals surface area contributed by atoms with E-state index in [1.54, 1.807) is 6.92 Å². The van der Waals surface area contributed by atoms with Gasteiger partial charge in [0.1, 0.15) is 0 Å². The van der Waals surface area contributed by atoms with E-state index in [9.17, 15) is 65.9 Å². The molecule has 0 radical (unpaired) electrons. The molecule has 0 fully saturated rings. The predicted molar refractivity (Wildman–Crippen MR) is 152 cm³/mol. The minimum Gasteiger partial charge on any atom is -0.490 e. The second kappa shape index (κ2) is 15.4. The lowest BCUT2D eigenvalue weighted by molar-refractivity contribution is -0.144. The van der Waals surface area contributed by atoms with Gasteiger partial charge in [-0.05, 0) is 61.7 Å². The molecule has 0 aliphatic carbocycles. The van der Waals surface area contributed by atoms with Gasteiger partial charge in [-0.15, -0.1) is 0 Å². The standard InChI is InChI=1S/C29H25F12N3O6S/c1-3-48-23(45)5-4-6-49-22-12-42-25(43-13-22)44(14-17-8-20(27(33,34)35)11-21(9-17)28(36,37)38)15-18-10-19(26(30,31)32)7-16(2)24(18)50-51(46,47)29(39,40)41/h7-13H,3-6,14-15H2,1-2H3. The number of aromatic nitrogens is 2. The number of hydrogen-bond donors (Lipinski definition) is 0. The van der Waals surface area contributed by atoms with Crippen LogP contribution in [0.1, 0.15) is 53.1 Å². The molecule has 1 heterocycles. The van der Waals surface area contributed by atoms with E-state index in [4.69, 9.17) is 9.47 Å². The number of nitrogens with zero attached hydrogens (tertiary/aromatic N) is 3. The molecule has 1 aromatic heterocycles. The van der Waals surface area contributed by atoms with Crippen LogP contribution in [0, 0.1) is 6.92 Å². The second-order valence-corrected chi connectivity index (χ2v) is 12.0. The number of esters is 1. The molecule has 0 aliphatic heterocycles. The zero-order valence-electron chi connectivity index (χ0n) is 26.0. The van der Waals surface area contributed by atoms with Gasteiger partial charge in [-0.25, -0.2) is 9.97 Å². The molecule has 0 unspecified atom stereocenters. The summed E-state index contributed by atoms with van der Waals surface area (Å²) < 4.78 is 200. The van der Waals surface area contributed by atoms with Crippen LogP contribution in [0.15, 0.2) is 42.7 Å². The molecular weight excluding hydrogens is 746 g/mol. The highest BCUT2D eigenvalue weighted by Crippen LogP contribution is 2.40. The third kappa shape index (κ3) is 11.2. The molecule has 0 bridgehead atoms. The fraction of sp³-hybridized carbons (Fsp3) is 0.414. The molecule has 282 valence electrons. The monoisotopic (exact) mass is 771 g/mol. The average molecular weight is 772 g/mol. The summed E-state index contributed by atoms with van der Waals surface area (Å²) in [6, 6.07) is 0.832. The van der Waals surface area contributed by atoms with Crippen molar-refractivity contribution in [3.63, 3.8) is 0 Å². The number of halogens is 12. The van der Waals surface area contributed by atoms with Crippen LogP contribution >= 0.6 is 0 Å². The first-order valence-electron chi connectivity index (χ1n) is 14.2. The summed E-state index contributed by atoms with van der Waals surface area (Å²) in [4.78, 5) is 19.9. The fourth-order valence-corrected chi connectivity index (χ4v) is 4.88. The molecule has 0 amide bonds. The number of ether oxygens (including phenoxy) is 2. The van der Waals surface area contributed by atoms with Crippen LogP contribution in [-0.4, -0.2) is 43.1 Å². The highest BCUT2D eigenvalue weighted by molar-refractivity contribution is 7.88. The van der Waals surface area contributed by atoms with Gasteiger partial charge in [-0.3, -0.25) is 4.79 Å². The van der Waals surface area contributed by atoms with Crippen molar-refractivity contribution in [2.24, 2.45) is 0 Å². The number of aryl methyl sites for hydroxylation is 1. The highest BCUT2D eigenvalue weighted by atomic mass is 32.2. The smallest absolute Gasteiger partial charge is 0.490 e. The van der Waals surface area contributed by atoms with E-state index in [2.05, 4.69) is 14.2 Å². The molecule has 0 N–H and O–H groups in total. The third-order valence-electron chi connectivity index (χ3n) is 6.53. The maximum atomic E-state index is 13.8. The van der Waals surface area contributed by atoms with Crippen molar-refractivity contribution in [1.29, 1.82) is 0 Å².